The molecule has 2 atom stereocenters. The number of carbonyl (C=O) groups excluding carboxylic acids is 1. The molecule has 0 radical (unpaired) electrons. The standard InChI is InChI=1S/C15H24N4OS/c1-3-7-16-14-10-17-13(9-18-14)15(20)19-11-5-6-12(8-11)21-4-2/h9-12H,3-8H2,1-2H3,(H,16,18)(H,19,20). The van der Waals surface area contributed by atoms with E-state index in [9.17, 15) is 4.79 Å². The number of thioether (sulfide) groups is 1. The van der Waals surface area contributed by atoms with Gasteiger partial charge in [-0.2, -0.15) is 11.8 Å². The van der Waals surface area contributed by atoms with Crippen LogP contribution in [0, 0.1) is 0 Å². The first-order valence-electron chi connectivity index (χ1n) is 7.71. The average molecular weight is 308 g/mol. The third kappa shape index (κ3) is 4.88. The van der Waals surface area contributed by atoms with E-state index >= 15 is 0 Å². The van der Waals surface area contributed by atoms with Crippen molar-refractivity contribution in [1.29, 1.82) is 0 Å². The second-order valence-corrected chi connectivity index (χ2v) is 6.85. The molecular formula is C15H24N4OS. The summed E-state index contributed by atoms with van der Waals surface area (Å²) in [5.41, 5.74) is 0.392. The number of amides is 1. The van der Waals surface area contributed by atoms with Gasteiger partial charge in [0.05, 0.1) is 12.4 Å². The van der Waals surface area contributed by atoms with Gasteiger partial charge >= 0.3 is 0 Å². The van der Waals surface area contributed by atoms with Crippen LogP contribution in [0.2, 0.25) is 0 Å². The zero-order valence-electron chi connectivity index (χ0n) is 12.8. The summed E-state index contributed by atoms with van der Waals surface area (Å²) in [5.74, 6) is 1.74. The van der Waals surface area contributed by atoms with Crippen molar-refractivity contribution in [2.45, 2.75) is 50.8 Å². The van der Waals surface area contributed by atoms with E-state index in [4.69, 9.17) is 0 Å². The summed E-state index contributed by atoms with van der Waals surface area (Å²) in [6, 6.07) is 0.279. The molecule has 116 valence electrons. The van der Waals surface area contributed by atoms with Crippen LogP contribution in [-0.2, 0) is 0 Å². The molecule has 1 fully saturated rings. The third-order valence-electron chi connectivity index (χ3n) is 3.56. The molecule has 0 aromatic carbocycles. The van der Waals surface area contributed by atoms with Crippen LogP contribution in [0.3, 0.4) is 0 Å². The first kappa shape index (κ1) is 16.1. The third-order valence-corrected chi connectivity index (χ3v) is 4.80. The Bertz CT molecular complexity index is 451. The Balaban J connectivity index is 1.83. The fraction of sp³-hybridized carbons (Fsp3) is 0.667. The van der Waals surface area contributed by atoms with Crippen LogP contribution in [0.25, 0.3) is 0 Å². The van der Waals surface area contributed by atoms with Crippen LogP contribution >= 0.6 is 11.8 Å². The summed E-state index contributed by atoms with van der Waals surface area (Å²) in [6.07, 6.45) is 7.51. The van der Waals surface area contributed by atoms with Crippen molar-refractivity contribution in [2.24, 2.45) is 0 Å². The minimum atomic E-state index is -0.114. The molecule has 1 aliphatic carbocycles. The van der Waals surface area contributed by atoms with Gasteiger partial charge in [0.1, 0.15) is 11.5 Å². The summed E-state index contributed by atoms with van der Waals surface area (Å²) in [4.78, 5) is 20.6. The SMILES string of the molecule is CCCNc1cnc(C(=O)NC2CCC(SCC)C2)cn1. The van der Waals surface area contributed by atoms with Crippen LogP contribution in [0.5, 0.6) is 0 Å². The predicted octanol–water partition coefficient (Wildman–Crippen LogP) is 2.70. The Morgan fingerprint density at radius 2 is 2.19 bits per heavy atom. The highest BCUT2D eigenvalue weighted by molar-refractivity contribution is 7.99. The van der Waals surface area contributed by atoms with E-state index in [1.807, 2.05) is 11.8 Å². The molecule has 21 heavy (non-hydrogen) atoms. The minimum Gasteiger partial charge on any atom is -0.369 e. The number of hydrogen-bond donors (Lipinski definition) is 2. The van der Waals surface area contributed by atoms with E-state index in [-0.39, 0.29) is 11.9 Å². The van der Waals surface area contributed by atoms with Crippen LogP contribution in [0.15, 0.2) is 12.4 Å². The van der Waals surface area contributed by atoms with Gasteiger partial charge < -0.3 is 10.6 Å². The van der Waals surface area contributed by atoms with Crippen molar-refractivity contribution in [1.82, 2.24) is 15.3 Å². The summed E-state index contributed by atoms with van der Waals surface area (Å²) in [5, 5.41) is 6.90. The van der Waals surface area contributed by atoms with E-state index in [2.05, 4.69) is 34.4 Å². The molecule has 1 aromatic heterocycles. The van der Waals surface area contributed by atoms with Crippen molar-refractivity contribution >= 4 is 23.5 Å². The molecular weight excluding hydrogens is 284 g/mol. The highest BCUT2D eigenvalue weighted by atomic mass is 32.2. The number of rotatable bonds is 7. The zero-order chi connectivity index (χ0) is 15.1. The van der Waals surface area contributed by atoms with Crippen molar-refractivity contribution in [3.05, 3.63) is 18.1 Å². The Morgan fingerprint density at radius 3 is 2.86 bits per heavy atom. The summed E-state index contributed by atoms with van der Waals surface area (Å²) < 4.78 is 0. The maximum absolute atomic E-state index is 12.1. The van der Waals surface area contributed by atoms with E-state index in [1.54, 1.807) is 12.4 Å². The Labute approximate surface area is 130 Å². The fourth-order valence-corrected chi connectivity index (χ4v) is 3.65. The molecule has 0 bridgehead atoms. The summed E-state index contributed by atoms with van der Waals surface area (Å²) in [6.45, 7) is 5.13. The molecule has 2 unspecified atom stereocenters. The van der Waals surface area contributed by atoms with Crippen LogP contribution in [-0.4, -0.2) is 39.5 Å². The average Bonchev–Trinajstić information content (AvgIpc) is 2.93. The highest BCUT2D eigenvalue weighted by Crippen LogP contribution is 2.29. The largest absolute Gasteiger partial charge is 0.369 e. The Morgan fingerprint density at radius 1 is 1.33 bits per heavy atom. The highest BCUT2D eigenvalue weighted by Gasteiger charge is 2.26. The van der Waals surface area contributed by atoms with Gasteiger partial charge in [0.25, 0.3) is 5.91 Å². The first-order valence-corrected chi connectivity index (χ1v) is 8.76. The predicted molar refractivity (Wildman–Crippen MR) is 87.8 cm³/mol. The molecule has 0 aliphatic heterocycles. The van der Waals surface area contributed by atoms with Gasteiger partial charge in [-0.15, -0.1) is 0 Å². The van der Waals surface area contributed by atoms with E-state index in [0.29, 0.717) is 16.8 Å². The lowest BCUT2D eigenvalue weighted by molar-refractivity contribution is 0.0932. The zero-order valence-corrected chi connectivity index (χ0v) is 13.6. The summed E-state index contributed by atoms with van der Waals surface area (Å²) >= 11 is 1.99. The molecule has 1 heterocycles. The van der Waals surface area contributed by atoms with Gasteiger partial charge in [0, 0.05) is 17.8 Å². The van der Waals surface area contributed by atoms with Crippen molar-refractivity contribution < 1.29 is 4.79 Å². The molecule has 5 nitrogen and oxygen atoms in total. The number of nitrogens with zero attached hydrogens (tertiary/aromatic N) is 2. The number of anilines is 1. The van der Waals surface area contributed by atoms with Gasteiger partial charge in [-0.25, -0.2) is 9.97 Å². The topological polar surface area (TPSA) is 66.9 Å². The molecule has 1 aliphatic rings. The van der Waals surface area contributed by atoms with Crippen molar-refractivity contribution in [3.63, 3.8) is 0 Å². The van der Waals surface area contributed by atoms with Crippen LogP contribution in [0.1, 0.15) is 50.0 Å². The van der Waals surface area contributed by atoms with Crippen LogP contribution < -0.4 is 10.6 Å². The first-order chi connectivity index (χ1) is 10.2. The molecule has 2 rings (SSSR count). The number of aromatic nitrogens is 2. The molecule has 1 amide bonds. The van der Waals surface area contributed by atoms with E-state index < -0.39 is 0 Å². The van der Waals surface area contributed by atoms with Crippen molar-refractivity contribution in [3.8, 4) is 0 Å². The van der Waals surface area contributed by atoms with Gasteiger partial charge in [0.2, 0.25) is 0 Å². The fourth-order valence-electron chi connectivity index (χ4n) is 2.51. The normalized spacial score (nSPS) is 21.2. The molecule has 1 saturated carbocycles. The lowest BCUT2D eigenvalue weighted by Crippen LogP contribution is -2.33. The number of hydrogen-bond acceptors (Lipinski definition) is 5. The van der Waals surface area contributed by atoms with Crippen LogP contribution in [0.4, 0.5) is 5.82 Å². The maximum Gasteiger partial charge on any atom is 0.271 e. The molecule has 0 saturated heterocycles. The van der Waals surface area contributed by atoms with E-state index in [1.165, 1.54) is 6.42 Å². The van der Waals surface area contributed by atoms with Crippen molar-refractivity contribution in [2.75, 3.05) is 17.6 Å². The van der Waals surface area contributed by atoms with Gasteiger partial charge in [-0.05, 0) is 31.4 Å². The summed E-state index contributed by atoms with van der Waals surface area (Å²) in [7, 11) is 0. The number of carbonyl (C=O) groups is 1. The molecule has 6 heteroatoms. The van der Waals surface area contributed by atoms with Gasteiger partial charge in [0.15, 0.2) is 0 Å². The number of nitrogens with one attached hydrogen (secondary N) is 2. The minimum absolute atomic E-state index is 0.114. The molecule has 0 spiro atoms. The Kier molecular flexibility index (Phi) is 6.29. The monoisotopic (exact) mass is 308 g/mol. The van der Waals surface area contributed by atoms with Gasteiger partial charge in [-0.1, -0.05) is 13.8 Å². The maximum atomic E-state index is 12.1. The second-order valence-electron chi connectivity index (χ2n) is 5.27. The van der Waals surface area contributed by atoms with E-state index in [0.717, 1.165) is 31.6 Å². The molecule has 2 N–H and O–H groups in total. The quantitative estimate of drug-likeness (QED) is 0.810. The lowest BCUT2D eigenvalue weighted by atomic mass is 10.2. The lowest BCUT2D eigenvalue weighted by Gasteiger charge is -2.12. The second kappa shape index (κ2) is 8.22. The smallest absolute Gasteiger partial charge is 0.271 e. The molecule has 1 aromatic rings. The van der Waals surface area contributed by atoms with Gasteiger partial charge in [-0.3, -0.25) is 4.79 Å². The Hall–Kier alpha value is -1.30.